The zero-order valence-electron chi connectivity index (χ0n) is 7.16. The first-order valence-corrected chi connectivity index (χ1v) is 3.45. The number of hydrogen-bond acceptors (Lipinski definition) is 3. The van der Waals surface area contributed by atoms with Crippen LogP contribution in [0.3, 0.4) is 0 Å². The van der Waals surface area contributed by atoms with E-state index in [2.05, 4.69) is 0 Å². The minimum absolute atomic E-state index is 0.0150. The number of carbonyl (C=O) groups excluding carboxylic acids is 1. The van der Waals surface area contributed by atoms with Gasteiger partial charge in [-0.25, -0.2) is 0 Å². The van der Waals surface area contributed by atoms with Gasteiger partial charge in [0.25, 0.3) is 0 Å². The third-order valence-electron chi connectivity index (χ3n) is 1.25. The smallest absolute Gasteiger partial charge is 0.164 e. The van der Waals surface area contributed by atoms with E-state index in [1.165, 1.54) is 20.3 Å². The Bertz CT molecular complexity index is 136. The standard InChI is InChI=1S/C8H14O3/c1-4-5-7(9)6-8(10-2)11-3/h4-5,8H,6H2,1-3H3/b5-4+. The molecule has 0 heterocycles. The molecule has 0 atom stereocenters. The third kappa shape index (κ3) is 4.70. The lowest BCUT2D eigenvalue weighted by Gasteiger charge is -2.10. The summed E-state index contributed by atoms with van der Waals surface area (Å²) in [5.41, 5.74) is 0. The molecule has 0 spiro atoms. The van der Waals surface area contributed by atoms with Crippen molar-refractivity contribution in [2.24, 2.45) is 0 Å². The Morgan fingerprint density at radius 1 is 1.45 bits per heavy atom. The maximum absolute atomic E-state index is 10.9. The van der Waals surface area contributed by atoms with Crippen molar-refractivity contribution in [2.75, 3.05) is 14.2 Å². The van der Waals surface area contributed by atoms with Gasteiger partial charge in [-0.1, -0.05) is 6.08 Å². The maximum atomic E-state index is 10.9. The Morgan fingerprint density at radius 3 is 2.36 bits per heavy atom. The van der Waals surface area contributed by atoms with Crippen molar-refractivity contribution in [3.63, 3.8) is 0 Å². The van der Waals surface area contributed by atoms with Crippen molar-refractivity contribution in [3.8, 4) is 0 Å². The molecule has 0 aromatic rings. The normalized spacial score (nSPS) is 11.3. The molecule has 0 N–H and O–H groups in total. The molecule has 0 unspecified atom stereocenters. The highest BCUT2D eigenvalue weighted by atomic mass is 16.7. The van der Waals surface area contributed by atoms with Gasteiger partial charge in [0.2, 0.25) is 0 Å². The molecule has 0 saturated carbocycles. The van der Waals surface area contributed by atoms with Crippen LogP contribution in [0.2, 0.25) is 0 Å². The molecule has 0 bridgehead atoms. The van der Waals surface area contributed by atoms with Gasteiger partial charge >= 0.3 is 0 Å². The number of hydrogen-bond donors (Lipinski definition) is 0. The Hall–Kier alpha value is -0.670. The van der Waals surface area contributed by atoms with Crippen molar-refractivity contribution < 1.29 is 14.3 Å². The average Bonchev–Trinajstić information content (AvgIpc) is 2.01. The second-order valence-electron chi connectivity index (χ2n) is 2.07. The van der Waals surface area contributed by atoms with E-state index in [-0.39, 0.29) is 12.2 Å². The van der Waals surface area contributed by atoms with Gasteiger partial charge in [0.05, 0.1) is 6.42 Å². The van der Waals surface area contributed by atoms with Gasteiger partial charge in [0, 0.05) is 14.2 Å². The van der Waals surface area contributed by atoms with E-state index >= 15 is 0 Å². The van der Waals surface area contributed by atoms with Crippen LogP contribution < -0.4 is 0 Å². The van der Waals surface area contributed by atoms with Gasteiger partial charge in [0.15, 0.2) is 12.1 Å². The minimum atomic E-state index is -0.418. The van der Waals surface area contributed by atoms with E-state index in [1.807, 2.05) is 0 Å². The molecule has 0 rings (SSSR count). The van der Waals surface area contributed by atoms with E-state index in [0.29, 0.717) is 0 Å². The molecule has 3 heteroatoms. The van der Waals surface area contributed by atoms with Crippen LogP contribution in [-0.2, 0) is 14.3 Å². The largest absolute Gasteiger partial charge is 0.355 e. The molecule has 3 nitrogen and oxygen atoms in total. The molecule has 0 aliphatic heterocycles. The van der Waals surface area contributed by atoms with Crippen molar-refractivity contribution in [3.05, 3.63) is 12.2 Å². The fourth-order valence-electron chi connectivity index (χ4n) is 0.681. The molecule has 0 saturated heterocycles. The van der Waals surface area contributed by atoms with E-state index in [0.717, 1.165) is 0 Å². The molecule has 0 radical (unpaired) electrons. The van der Waals surface area contributed by atoms with E-state index in [9.17, 15) is 4.79 Å². The lowest BCUT2D eigenvalue weighted by molar-refractivity contribution is -0.133. The molecule has 0 fully saturated rings. The molecule has 0 aliphatic rings. The summed E-state index contributed by atoms with van der Waals surface area (Å²) >= 11 is 0. The molecule has 0 aromatic heterocycles. The first-order chi connectivity index (χ1) is 5.24. The van der Waals surface area contributed by atoms with Gasteiger partial charge in [0.1, 0.15) is 0 Å². The summed E-state index contributed by atoms with van der Waals surface area (Å²) in [5, 5.41) is 0. The lowest BCUT2D eigenvalue weighted by atomic mass is 10.2. The minimum Gasteiger partial charge on any atom is -0.355 e. The summed E-state index contributed by atoms with van der Waals surface area (Å²) in [4.78, 5) is 10.9. The van der Waals surface area contributed by atoms with Gasteiger partial charge in [-0.15, -0.1) is 0 Å². The predicted molar refractivity (Wildman–Crippen MR) is 42.2 cm³/mol. The van der Waals surface area contributed by atoms with Gasteiger partial charge in [-0.2, -0.15) is 0 Å². The molecule has 64 valence electrons. The summed E-state index contributed by atoms with van der Waals surface area (Å²) in [6.07, 6.45) is 3.06. The summed E-state index contributed by atoms with van der Waals surface area (Å²) in [6.45, 7) is 1.80. The van der Waals surface area contributed by atoms with Gasteiger partial charge in [-0.3, -0.25) is 4.79 Å². The van der Waals surface area contributed by atoms with Crippen LogP contribution in [0.25, 0.3) is 0 Å². The van der Waals surface area contributed by atoms with Crippen molar-refractivity contribution >= 4 is 5.78 Å². The zero-order chi connectivity index (χ0) is 8.69. The van der Waals surface area contributed by atoms with Crippen LogP contribution in [0.15, 0.2) is 12.2 Å². The second-order valence-corrected chi connectivity index (χ2v) is 2.07. The molecule has 0 aliphatic carbocycles. The van der Waals surface area contributed by atoms with Crippen molar-refractivity contribution in [1.82, 2.24) is 0 Å². The van der Waals surface area contributed by atoms with Crippen LogP contribution in [0.5, 0.6) is 0 Å². The molecule has 0 aromatic carbocycles. The third-order valence-corrected chi connectivity index (χ3v) is 1.25. The van der Waals surface area contributed by atoms with E-state index in [1.54, 1.807) is 13.0 Å². The lowest BCUT2D eigenvalue weighted by Crippen LogP contribution is -2.16. The Balaban J connectivity index is 3.71. The summed E-state index contributed by atoms with van der Waals surface area (Å²) in [6, 6.07) is 0. The average molecular weight is 158 g/mol. The number of ketones is 1. The van der Waals surface area contributed by atoms with Gasteiger partial charge in [-0.05, 0) is 13.0 Å². The van der Waals surface area contributed by atoms with Gasteiger partial charge < -0.3 is 9.47 Å². The first-order valence-electron chi connectivity index (χ1n) is 3.45. The predicted octanol–water partition coefficient (Wildman–Crippen LogP) is 1.14. The zero-order valence-corrected chi connectivity index (χ0v) is 7.16. The second kappa shape index (κ2) is 6.07. The monoisotopic (exact) mass is 158 g/mol. The SMILES string of the molecule is C/C=C/C(=O)CC(OC)OC. The highest BCUT2D eigenvalue weighted by Crippen LogP contribution is 1.98. The fourth-order valence-corrected chi connectivity index (χ4v) is 0.681. The highest BCUT2D eigenvalue weighted by molar-refractivity contribution is 5.89. The Labute approximate surface area is 67.0 Å². The summed E-state index contributed by atoms with van der Waals surface area (Å²) in [7, 11) is 3.02. The van der Waals surface area contributed by atoms with Crippen LogP contribution in [0, 0.1) is 0 Å². The van der Waals surface area contributed by atoms with Crippen LogP contribution in [-0.4, -0.2) is 26.3 Å². The number of ether oxygens (including phenoxy) is 2. The topological polar surface area (TPSA) is 35.5 Å². The fraction of sp³-hybridized carbons (Fsp3) is 0.625. The Morgan fingerprint density at radius 2 is 2.00 bits per heavy atom. The molecular formula is C8H14O3. The number of allylic oxidation sites excluding steroid dienone is 2. The van der Waals surface area contributed by atoms with E-state index in [4.69, 9.17) is 9.47 Å². The maximum Gasteiger partial charge on any atom is 0.164 e. The molecule has 0 amide bonds. The van der Waals surface area contributed by atoms with Crippen molar-refractivity contribution in [2.45, 2.75) is 19.6 Å². The number of carbonyl (C=O) groups is 1. The van der Waals surface area contributed by atoms with Crippen LogP contribution in [0.4, 0.5) is 0 Å². The summed E-state index contributed by atoms with van der Waals surface area (Å²) < 4.78 is 9.68. The van der Waals surface area contributed by atoms with Crippen LogP contribution >= 0.6 is 0 Å². The molecule has 11 heavy (non-hydrogen) atoms. The number of methoxy groups -OCH3 is 2. The number of rotatable bonds is 5. The Kier molecular flexibility index (Phi) is 5.70. The summed E-state index contributed by atoms with van der Waals surface area (Å²) in [5.74, 6) is 0.0150. The molecular weight excluding hydrogens is 144 g/mol. The van der Waals surface area contributed by atoms with Crippen molar-refractivity contribution in [1.29, 1.82) is 0 Å². The van der Waals surface area contributed by atoms with E-state index < -0.39 is 6.29 Å². The first kappa shape index (κ1) is 10.3. The highest BCUT2D eigenvalue weighted by Gasteiger charge is 2.08. The van der Waals surface area contributed by atoms with Crippen LogP contribution in [0.1, 0.15) is 13.3 Å². The quantitative estimate of drug-likeness (QED) is 0.444.